The van der Waals surface area contributed by atoms with Crippen molar-refractivity contribution in [2.24, 2.45) is 0 Å². The van der Waals surface area contributed by atoms with Crippen molar-refractivity contribution in [1.29, 1.82) is 0 Å². The van der Waals surface area contributed by atoms with Gasteiger partial charge in [0.15, 0.2) is 0 Å². The summed E-state index contributed by atoms with van der Waals surface area (Å²) in [5.74, 6) is -0.0883. The average Bonchev–Trinajstić information content (AvgIpc) is 2.95. The molecule has 1 aliphatic carbocycles. The van der Waals surface area contributed by atoms with E-state index in [4.69, 9.17) is 4.74 Å². The van der Waals surface area contributed by atoms with Gasteiger partial charge in [0.25, 0.3) is 0 Å². The molecule has 6 heteroatoms. The van der Waals surface area contributed by atoms with Gasteiger partial charge in [-0.25, -0.2) is 14.2 Å². The van der Waals surface area contributed by atoms with Crippen LogP contribution in [-0.4, -0.2) is 35.6 Å². The first-order valence-electron chi connectivity index (χ1n) is 8.06. The Balaban J connectivity index is 1.51. The fraction of sp³-hybridized carbons (Fsp3) is 0.333. The molecule has 0 bridgehead atoms. The van der Waals surface area contributed by atoms with Gasteiger partial charge in [-0.05, 0) is 36.1 Å². The van der Waals surface area contributed by atoms with Gasteiger partial charge in [-0.2, -0.15) is 0 Å². The van der Waals surface area contributed by atoms with E-state index in [1.54, 1.807) is 4.90 Å². The molecule has 1 aliphatic heterocycles. The smallest absolute Gasteiger partial charge is 0.323 e. The molecule has 2 amide bonds. The number of fused-ring (bicyclic) bond motifs is 2. The lowest BCUT2D eigenvalue weighted by atomic mass is 9.94. The Morgan fingerprint density at radius 2 is 2.17 bits per heavy atom. The maximum atomic E-state index is 12.9. The normalized spacial score (nSPS) is 22.5. The van der Waals surface area contributed by atoms with E-state index in [0.717, 1.165) is 19.0 Å². The molecule has 1 saturated heterocycles. The maximum Gasteiger partial charge on any atom is 0.323 e. The lowest BCUT2D eigenvalue weighted by Gasteiger charge is -2.41. The molecule has 1 aromatic heterocycles. The van der Waals surface area contributed by atoms with Gasteiger partial charge in [-0.15, -0.1) is 0 Å². The number of hydrogen-bond donors (Lipinski definition) is 1. The third kappa shape index (κ3) is 2.63. The number of morpholine rings is 1. The van der Waals surface area contributed by atoms with Crippen LogP contribution in [0.5, 0.6) is 0 Å². The van der Waals surface area contributed by atoms with Crippen molar-refractivity contribution in [3.63, 3.8) is 0 Å². The standard InChI is InChI=1S/C18H18FN3O2/c19-14-5-6-16(20-11-14)21-17(23)22-9-10-24-18(12-22)8-7-13-3-1-2-4-15(13)18/h1-6,11H,7-10,12H2,(H,20,21,23). The lowest BCUT2D eigenvalue weighted by molar-refractivity contribution is -0.100. The second-order valence-corrected chi connectivity index (χ2v) is 6.21. The van der Waals surface area contributed by atoms with Crippen LogP contribution >= 0.6 is 0 Å². The third-order valence-electron chi connectivity index (χ3n) is 4.74. The number of pyridine rings is 1. The molecule has 1 atom stereocenters. The van der Waals surface area contributed by atoms with Crippen molar-refractivity contribution in [2.75, 3.05) is 25.0 Å². The molecule has 5 nitrogen and oxygen atoms in total. The molecule has 1 spiro atoms. The molecule has 4 rings (SSSR count). The summed E-state index contributed by atoms with van der Waals surface area (Å²) in [4.78, 5) is 18.1. The van der Waals surface area contributed by atoms with E-state index < -0.39 is 11.4 Å². The summed E-state index contributed by atoms with van der Waals surface area (Å²) in [5, 5.41) is 2.72. The summed E-state index contributed by atoms with van der Waals surface area (Å²) in [6.07, 6.45) is 2.93. The summed E-state index contributed by atoms with van der Waals surface area (Å²) in [5.41, 5.74) is 2.06. The Kier molecular flexibility index (Phi) is 3.69. The largest absolute Gasteiger partial charge is 0.367 e. The molecular weight excluding hydrogens is 309 g/mol. The van der Waals surface area contributed by atoms with Crippen LogP contribution < -0.4 is 5.32 Å². The van der Waals surface area contributed by atoms with Crippen molar-refractivity contribution in [3.8, 4) is 0 Å². The van der Waals surface area contributed by atoms with Gasteiger partial charge < -0.3 is 9.64 Å². The third-order valence-corrected chi connectivity index (χ3v) is 4.74. The maximum absolute atomic E-state index is 12.9. The Labute approximate surface area is 139 Å². The Bertz CT molecular complexity index is 761. The van der Waals surface area contributed by atoms with Crippen LogP contribution in [0.2, 0.25) is 0 Å². The van der Waals surface area contributed by atoms with Crippen molar-refractivity contribution >= 4 is 11.8 Å². The highest BCUT2D eigenvalue weighted by Crippen LogP contribution is 2.42. The molecule has 0 radical (unpaired) electrons. The molecule has 1 fully saturated rings. The average molecular weight is 327 g/mol. The van der Waals surface area contributed by atoms with Crippen LogP contribution in [0.25, 0.3) is 0 Å². The van der Waals surface area contributed by atoms with E-state index in [1.165, 1.54) is 23.3 Å². The highest BCUT2D eigenvalue weighted by molar-refractivity contribution is 5.88. The molecule has 2 aliphatic rings. The number of urea groups is 1. The van der Waals surface area contributed by atoms with Crippen LogP contribution in [0.15, 0.2) is 42.6 Å². The minimum absolute atomic E-state index is 0.235. The lowest BCUT2D eigenvalue weighted by Crippen LogP contribution is -2.52. The number of hydrogen-bond acceptors (Lipinski definition) is 3. The zero-order chi connectivity index (χ0) is 16.6. The molecular formula is C18H18FN3O2. The monoisotopic (exact) mass is 327 g/mol. The van der Waals surface area contributed by atoms with Crippen LogP contribution in [0, 0.1) is 5.82 Å². The van der Waals surface area contributed by atoms with Crippen molar-refractivity contribution < 1.29 is 13.9 Å². The molecule has 1 N–H and O–H groups in total. The molecule has 0 saturated carbocycles. The van der Waals surface area contributed by atoms with E-state index in [1.807, 2.05) is 12.1 Å². The van der Waals surface area contributed by atoms with Crippen LogP contribution in [-0.2, 0) is 16.8 Å². The van der Waals surface area contributed by atoms with Crippen LogP contribution in [0.3, 0.4) is 0 Å². The zero-order valence-electron chi connectivity index (χ0n) is 13.2. The van der Waals surface area contributed by atoms with Crippen molar-refractivity contribution in [3.05, 3.63) is 59.5 Å². The van der Waals surface area contributed by atoms with Gasteiger partial charge in [0, 0.05) is 6.54 Å². The number of anilines is 1. The quantitative estimate of drug-likeness (QED) is 0.876. The first-order valence-corrected chi connectivity index (χ1v) is 8.06. The Morgan fingerprint density at radius 3 is 3.00 bits per heavy atom. The second-order valence-electron chi connectivity index (χ2n) is 6.21. The summed E-state index contributed by atoms with van der Waals surface area (Å²) in [6, 6.07) is 10.7. The topological polar surface area (TPSA) is 54.5 Å². The molecule has 124 valence electrons. The van der Waals surface area contributed by atoms with Gasteiger partial charge in [0.1, 0.15) is 17.2 Å². The van der Waals surface area contributed by atoms with Gasteiger partial charge in [-0.3, -0.25) is 5.32 Å². The van der Waals surface area contributed by atoms with E-state index in [-0.39, 0.29) is 6.03 Å². The van der Waals surface area contributed by atoms with Crippen LogP contribution in [0.1, 0.15) is 17.5 Å². The van der Waals surface area contributed by atoms with Gasteiger partial charge >= 0.3 is 6.03 Å². The second kappa shape index (κ2) is 5.87. The van der Waals surface area contributed by atoms with Gasteiger partial charge in [-0.1, -0.05) is 24.3 Å². The summed E-state index contributed by atoms with van der Waals surface area (Å²) < 4.78 is 19.0. The fourth-order valence-electron chi connectivity index (χ4n) is 3.56. The minimum Gasteiger partial charge on any atom is -0.367 e. The summed E-state index contributed by atoms with van der Waals surface area (Å²) in [7, 11) is 0. The number of halogens is 1. The summed E-state index contributed by atoms with van der Waals surface area (Å²) in [6.45, 7) is 1.53. The first-order chi connectivity index (χ1) is 11.7. The Hall–Kier alpha value is -2.47. The summed E-state index contributed by atoms with van der Waals surface area (Å²) >= 11 is 0. The highest BCUT2D eigenvalue weighted by Gasteiger charge is 2.44. The predicted molar refractivity (Wildman–Crippen MR) is 87.2 cm³/mol. The van der Waals surface area contributed by atoms with E-state index in [0.29, 0.717) is 25.5 Å². The SMILES string of the molecule is O=C(Nc1ccc(F)cn1)N1CCOC2(CCc3ccccc32)C1. The van der Waals surface area contributed by atoms with Gasteiger partial charge in [0.05, 0.1) is 19.3 Å². The van der Waals surface area contributed by atoms with E-state index >= 15 is 0 Å². The number of aromatic nitrogens is 1. The first kappa shape index (κ1) is 15.1. The number of carbonyl (C=O) groups is 1. The number of ether oxygens (including phenoxy) is 1. The van der Waals surface area contributed by atoms with Crippen molar-refractivity contribution in [2.45, 2.75) is 18.4 Å². The predicted octanol–water partition coefficient (Wildman–Crippen LogP) is 2.93. The van der Waals surface area contributed by atoms with E-state index in [2.05, 4.69) is 22.4 Å². The minimum atomic E-state index is -0.430. The van der Waals surface area contributed by atoms with E-state index in [9.17, 15) is 9.18 Å². The molecule has 24 heavy (non-hydrogen) atoms. The number of rotatable bonds is 1. The van der Waals surface area contributed by atoms with Gasteiger partial charge in [0.2, 0.25) is 0 Å². The number of nitrogens with one attached hydrogen (secondary N) is 1. The van der Waals surface area contributed by atoms with Crippen LogP contribution in [0.4, 0.5) is 15.0 Å². The highest BCUT2D eigenvalue weighted by atomic mass is 19.1. The number of carbonyl (C=O) groups excluding carboxylic acids is 1. The molecule has 2 heterocycles. The zero-order valence-corrected chi connectivity index (χ0v) is 13.2. The number of benzene rings is 1. The fourth-order valence-corrected chi connectivity index (χ4v) is 3.56. The number of nitrogens with zero attached hydrogens (tertiary/aromatic N) is 2. The number of aryl methyl sites for hydroxylation is 1. The van der Waals surface area contributed by atoms with Crippen molar-refractivity contribution in [1.82, 2.24) is 9.88 Å². The molecule has 2 aromatic rings. The Morgan fingerprint density at radius 1 is 1.29 bits per heavy atom. The molecule has 1 aromatic carbocycles. The number of amides is 2. The molecule has 1 unspecified atom stereocenters.